The van der Waals surface area contributed by atoms with E-state index in [-0.39, 0.29) is 0 Å². The number of rotatable bonds is 2. The third-order valence-corrected chi connectivity index (χ3v) is 6.26. The minimum Gasteiger partial charge on any atom is -0.309 e. The summed E-state index contributed by atoms with van der Waals surface area (Å²) in [5.41, 5.74) is 4.93. The maximum Gasteiger partial charge on any atom is 0.304 e. The van der Waals surface area contributed by atoms with E-state index in [2.05, 4.69) is 44.8 Å². The molecular formula is C26H15BrN2O2. The predicted molar refractivity (Wildman–Crippen MR) is 126 cm³/mol. The molecular weight excluding hydrogens is 452 g/mol. The number of Topliss-reactive ketones (excluding diaryl/α,β-unsaturated/α-hetero) is 1. The summed E-state index contributed by atoms with van der Waals surface area (Å²) in [4.78, 5) is 26.9. The lowest BCUT2D eigenvalue weighted by atomic mass is 10.1. The molecule has 31 heavy (non-hydrogen) atoms. The van der Waals surface area contributed by atoms with Crippen molar-refractivity contribution in [3.05, 3.63) is 101 Å². The van der Waals surface area contributed by atoms with Crippen LogP contribution in [0.3, 0.4) is 0 Å². The number of benzene rings is 4. The molecule has 0 spiro atoms. The van der Waals surface area contributed by atoms with Crippen molar-refractivity contribution in [3.63, 3.8) is 0 Å². The van der Waals surface area contributed by atoms with Crippen LogP contribution in [-0.4, -0.2) is 16.3 Å². The number of hydrogen-bond acceptors (Lipinski definition) is 2. The normalized spacial score (nSPS) is 13.4. The predicted octanol–water partition coefficient (Wildman–Crippen LogP) is 6.41. The molecule has 0 saturated heterocycles. The average molecular weight is 467 g/mol. The van der Waals surface area contributed by atoms with Gasteiger partial charge in [-0.3, -0.25) is 14.5 Å². The maximum absolute atomic E-state index is 12.9. The van der Waals surface area contributed by atoms with Crippen LogP contribution in [0.2, 0.25) is 0 Å². The molecule has 1 aromatic heterocycles. The number of hydrogen-bond donors (Lipinski definition) is 0. The van der Waals surface area contributed by atoms with Crippen LogP contribution in [0.5, 0.6) is 0 Å². The summed E-state index contributed by atoms with van der Waals surface area (Å²) in [5.74, 6) is -1.01. The fourth-order valence-electron chi connectivity index (χ4n) is 4.42. The van der Waals surface area contributed by atoms with Crippen LogP contribution in [0, 0.1) is 0 Å². The topological polar surface area (TPSA) is 42.3 Å². The van der Waals surface area contributed by atoms with Crippen LogP contribution < -0.4 is 4.90 Å². The van der Waals surface area contributed by atoms with Gasteiger partial charge in [-0.2, -0.15) is 0 Å². The van der Waals surface area contributed by atoms with Crippen molar-refractivity contribution >= 4 is 60.8 Å². The molecule has 0 radical (unpaired) electrons. The van der Waals surface area contributed by atoms with E-state index in [0.717, 1.165) is 32.0 Å². The minimum atomic E-state index is -0.528. The first-order valence-corrected chi connectivity index (χ1v) is 10.7. The van der Waals surface area contributed by atoms with Crippen molar-refractivity contribution in [1.82, 2.24) is 4.57 Å². The molecule has 5 aromatic rings. The molecule has 0 bridgehead atoms. The molecule has 2 heterocycles. The lowest BCUT2D eigenvalue weighted by molar-refractivity contribution is -0.113. The first-order valence-electron chi connectivity index (χ1n) is 9.90. The Hall–Kier alpha value is -3.70. The number of fused-ring (bicyclic) bond motifs is 4. The van der Waals surface area contributed by atoms with E-state index in [9.17, 15) is 9.59 Å². The Morgan fingerprint density at radius 3 is 2.23 bits per heavy atom. The molecule has 0 N–H and O–H groups in total. The number of nitrogens with zero attached hydrogens (tertiary/aromatic N) is 2. The van der Waals surface area contributed by atoms with Gasteiger partial charge in [-0.15, -0.1) is 0 Å². The second-order valence-electron chi connectivity index (χ2n) is 7.52. The molecule has 1 aliphatic rings. The van der Waals surface area contributed by atoms with Crippen molar-refractivity contribution < 1.29 is 9.59 Å². The SMILES string of the molecule is O=C1C(=O)N(c2ccc3c(c2)c2ccccc2n3-c2ccccc2)c2ccc(Br)cc21. The number of ketones is 1. The van der Waals surface area contributed by atoms with Crippen molar-refractivity contribution in [1.29, 1.82) is 0 Å². The monoisotopic (exact) mass is 466 g/mol. The smallest absolute Gasteiger partial charge is 0.304 e. The fraction of sp³-hybridized carbons (Fsp3) is 0. The largest absolute Gasteiger partial charge is 0.309 e. The van der Waals surface area contributed by atoms with Gasteiger partial charge in [0.05, 0.1) is 28.0 Å². The highest BCUT2D eigenvalue weighted by Crippen LogP contribution is 2.40. The van der Waals surface area contributed by atoms with Gasteiger partial charge in [0, 0.05) is 20.9 Å². The molecule has 4 nitrogen and oxygen atoms in total. The molecule has 0 atom stereocenters. The third-order valence-electron chi connectivity index (χ3n) is 5.77. The number of anilines is 2. The Morgan fingerprint density at radius 2 is 1.39 bits per heavy atom. The Balaban J connectivity index is 1.61. The summed E-state index contributed by atoms with van der Waals surface area (Å²) in [6, 6.07) is 29.7. The summed E-state index contributed by atoms with van der Waals surface area (Å²) in [6.07, 6.45) is 0. The molecule has 0 aliphatic carbocycles. The standard InChI is InChI=1S/C26H15BrN2O2/c27-16-10-12-24-21(14-16)25(30)26(31)29(24)18-11-13-23-20(15-18)19-8-4-5-9-22(19)28(23)17-6-2-1-3-7-17/h1-15H. The second-order valence-corrected chi connectivity index (χ2v) is 8.44. The number of carbonyl (C=O) groups is 2. The van der Waals surface area contributed by atoms with Crippen LogP contribution in [0.15, 0.2) is 95.5 Å². The quantitative estimate of drug-likeness (QED) is 0.282. The number of halogens is 1. The van der Waals surface area contributed by atoms with Crippen LogP contribution in [0.1, 0.15) is 10.4 Å². The zero-order chi connectivity index (χ0) is 21.1. The molecule has 148 valence electrons. The molecule has 6 rings (SSSR count). The highest BCUT2D eigenvalue weighted by molar-refractivity contribution is 9.10. The van der Waals surface area contributed by atoms with E-state index in [1.807, 2.05) is 54.6 Å². The number of aromatic nitrogens is 1. The molecule has 5 heteroatoms. The Kier molecular flexibility index (Phi) is 3.88. The Bertz CT molecular complexity index is 1540. The number of carbonyl (C=O) groups excluding carboxylic acids is 2. The van der Waals surface area contributed by atoms with Crippen molar-refractivity contribution in [3.8, 4) is 5.69 Å². The zero-order valence-corrected chi connectivity index (χ0v) is 17.8. The lowest BCUT2D eigenvalue weighted by Gasteiger charge is -2.17. The fourth-order valence-corrected chi connectivity index (χ4v) is 4.78. The van der Waals surface area contributed by atoms with Crippen LogP contribution in [-0.2, 0) is 4.79 Å². The van der Waals surface area contributed by atoms with E-state index >= 15 is 0 Å². The summed E-state index contributed by atoms with van der Waals surface area (Å²) < 4.78 is 2.99. The van der Waals surface area contributed by atoms with E-state index in [4.69, 9.17) is 0 Å². The van der Waals surface area contributed by atoms with Gasteiger partial charge in [0.25, 0.3) is 5.78 Å². The highest BCUT2D eigenvalue weighted by atomic mass is 79.9. The van der Waals surface area contributed by atoms with Gasteiger partial charge < -0.3 is 4.57 Å². The van der Waals surface area contributed by atoms with Crippen molar-refractivity contribution in [2.75, 3.05) is 4.90 Å². The van der Waals surface area contributed by atoms with E-state index < -0.39 is 11.7 Å². The summed E-state index contributed by atoms with van der Waals surface area (Å²) >= 11 is 3.39. The van der Waals surface area contributed by atoms with Crippen LogP contribution >= 0.6 is 15.9 Å². The molecule has 4 aromatic carbocycles. The molecule has 0 saturated carbocycles. The number of amides is 1. The Morgan fingerprint density at radius 1 is 0.645 bits per heavy atom. The molecule has 0 unspecified atom stereocenters. The number of para-hydroxylation sites is 2. The summed E-state index contributed by atoms with van der Waals surface area (Å²) in [5, 5.41) is 2.12. The van der Waals surface area contributed by atoms with Gasteiger partial charge in [0.1, 0.15) is 0 Å². The minimum absolute atomic E-state index is 0.422. The van der Waals surface area contributed by atoms with Crippen molar-refractivity contribution in [2.45, 2.75) is 0 Å². The zero-order valence-electron chi connectivity index (χ0n) is 16.2. The first-order chi connectivity index (χ1) is 15.1. The van der Waals surface area contributed by atoms with E-state index in [0.29, 0.717) is 16.9 Å². The van der Waals surface area contributed by atoms with Crippen LogP contribution in [0.4, 0.5) is 11.4 Å². The third kappa shape index (κ3) is 2.60. The highest BCUT2D eigenvalue weighted by Gasteiger charge is 2.37. The van der Waals surface area contributed by atoms with E-state index in [1.54, 1.807) is 12.1 Å². The van der Waals surface area contributed by atoms with Crippen LogP contribution in [0.25, 0.3) is 27.5 Å². The van der Waals surface area contributed by atoms with Gasteiger partial charge >= 0.3 is 5.91 Å². The van der Waals surface area contributed by atoms with Gasteiger partial charge in [-0.25, -0.2) is 0 Å². The molecule has 1 amide bonds. The average Bonchev–Trinajstić information content (AvgIpc) is 3.26. The van der Waals surface area contributed by atoms with Gasteiger partial charge in [0.15, 0.2) is 0 Å². The first kappa shape index (κ1) is 18.1. The summed E-state index contributed by atoms with van der Waals surface area (Å²) in [6.45, 7) is 0. The lowest BCUT2D eigenvalue weighted by Crippen LogP contribution is -2.24. The maximum atomic E-state index is 12.9. The van der Waals surface area contributed by atoms with Crippen molar-refractivity contribution in [2.24, 2.45) is 0 Å². The second kappa shape index (κ2) is 6.65. The Labute approximate surface area is 186 Å². The van der Waals surface area contributed by atoms with Gasteiger partial charge in [0.2, 0.25) is 0 Å². The van der Waals surface area contributed by atoms with Gasteiger partial charge in [-0.1, -0.05) is 52.3 Å². The van der Waals surface area contributed by atoms with Gasteiger partial charge in [-0.05, 0) is 54.6 Å². The summed E-state index contributed by atoms with van der Waals surface area (Å²) in [7, 11) is 0. The molecule has 1 aliphatic heterocycles. The van der Waals surface area contributed by atoms with E-state index in [1.165, 1.54) is 4.90 Å². The molecule has 0 fully saturated rings.